The van der Waals surface area contributed by atoms with Gasteiger partial charge in [-0.3, -0.25) is 9.89 Å². The number of rotatable bonds is 7. The van der Waals surface area contributed by atoms with E-state index in [9.17, 15) is 9.59 Å². The molecule has 2 heterocycles. The molecule has 32 heavy (non-hydrogen) atoms. The lowest BCUT2D eigenvalue weighted by Crippen LogP contribution is -2.50. The van der Waals surface area contributed by atoms with Gasteiger partial charge in [0, 0.05) is 30.7 Å². The van der Waals surface area contributed by atoms with Crippen LogP contribution >= 0.6 is 11.3 Å². The van der Waals surface area contributed by atoms with Crippen molar-refractivity contribution < 1.29 is 9.59 Å². The van der Waals surface area contributed by atoms with Crippen LogP contribution in [0.2, 0.25) is 0 Å². The Balaban J connectivity index is 1.52. The molecule has 2 aromatic heterocycles. The van der Waals surface area contributed by atoms with Gasteiger partial charge in [-0.2, -0.15) is 5.10 Å². The van der Waals surface area contributed by atoms with Gasteiger partial charge in [0.2, 0.25) is 5.91 Å². The summed E-state index contributed by atoms with van der Waals surface area (Å²) in [6, 6.07) is 17.6. The third kappa shape index (κ3) is 5.01. The first-order chi connectivity index (χ1) is 15.6. The van der Waals surface area contributed by atoms with E-state index in [2.05, 4.69) is 25.8 Å². The maximum absolute atomic E-state index is 13.3. The van der Waals surface area contributed by atoms with E-state index in [1.54, 1.807) is 18.1 Å². The Morgan fingerprint density at radius 1 is 1.09 bits per heavy atom. The van der Waals surface area contributed by atoms with Gasteiger partial charge in [-0.05, 0) is 17.7 Å². The summed E-state index contributed by atoms with van der Waals surface area (Å²) >= 11 is 1.43. The topological polar surface area (TPSA) is 103 Å². The number of hydrogen-bond donors (Lipinski definition) is 3. The number of aromatic nitrogens is 3. The standard InChI is InChI=1S/C23H22N6O2S/c1-29(17-10-6-3-7-11-17)22(30)18(14-16-8-4-2-5-9-16)26-23(31)27-19-15-25-28-20(19)21-24-12-13-32-21/h2-13,15,18H,14H2,1H3,(H,25,28)(H2,26,27,31)/t18-/m0/s1. The summed E-state index contributed by atoms with van der Waals surface area (Å²) < 4.78 is 0. The molecule has 2 aromatic carbocycles. The van der Waals surface area contributed by atoms with Gasteiger partial charge in [0.15, 0.2) is 0 Å². The number of likely N-dealkylation sites (N-methyl/N-ethyl adjacent to an activating group) is 1. The Morgan fingerprint density at radius 3 is 2.50 bits per heavy atom. The molecule has 3 N–H and O–H groups in total. The highest BCUT2D eigenvalue weighted by atomic mass is 32.1. The first-order valence-corrected chi connectivity index (χ1v) is 10.9. The van der Waals surface area contributed by atoms with E-state index >= 15 is 0 Å². The minimum atomic E-state index is -0.766. The zero-order chi connectivity index (χ0) is 22.3. The van der Waals surface area contributed by atoms with Crippen molar-refractivity contribution in [2.75, 3.05) is 17.3 Å². The Morgan fingerprint density at radius 2 is 1.81 bits per heavy atom. The van der Waals surface area contributed by atoms with Gasteiger partial charge in [0.25, 0.3) is 0 Å². The quantitative estimate of drug-likeness (QED) is 0.400. The number of hydrogen-bond acceptors (Lipinski definition) is 5. The first kappa shape index (κ1) is 21.3. The monoisotopic (exact) mass is 446 g/mol. The lowest BCUT2D eigenvalue weighted by Gasteiger charge is -2.25. The van der Waals surface area contributed by atoms with Gasteiger partial charge in [0.05, 0.1) is 11.9 Å². The molecule has 162 valence electrons. The lowest BCUT2D eigenvalue weighted by atomic mass is 10.0. The summed E-state index contributed by atoms with van der Waals surface area (Å²) in [7, 11) is 1.70. The molecule has 0 spiro atoms. The zero-order valence-corrected chi connectivity index (χ0v) is 18.2. The maximum Gasteiger partial charge on any atom is 0.320 e. The first-order valence-electron chi connectivity index (χ1n) is 9.99. The number of amides is 3. The predicted molar refractivity (Wildman–Crippen MR) is 126 cm³/mol. The smallest absolute Gasteiger partial charge is 0.320 e. The number of carbonyl (C=O) groups excluding carboxylic acids is 2. The number of H-pyrrole nitrogens is 1. The van der Waals surface area contributed by atoms with Crippen LogP contribution in [-0.2, 0) is 11.2 Å². The molecule has 0 aliphatic carbocycles. The van der Waals surface area contributed by atoms with Crippen LogP contribution in [-0.4, -0.2) is 40.2 Å². The molecular weight excluding hydrogens is 424 g/mol. The van der Waals surface area contributed by atoms with E-state index in [1.165, 1.54) is 17.5 Å². The molecule has 9 heteroatoms. The molecule has 4 rings (SSSR count). The van der Waals surface area contributed by atoms with E-state index in [0.717, 1.165) is 11.3 Å². The van der Waals surface area contributed by atoms with Crippen molar-refractivity contribution >= 4 is 34.6 Å². The fraction of sp³-hybridized carbons (Fsp3) is 0.130. The summed E-state index contributed by atoms with van der Waals surface area (Å²) in [6.07, 6.45) is 3.55. The Kier molecular flexibility index (Phi) is 6.57. The van der Waals surface area contributed by atoms with Crippen LogP contribution in [0.4, 0.5) is 16.2 Å². The van der Waals surface area contributed by atoms with Crippen LogP contribution in [0.25, 0.3) is 10.7 Å². The fourth-order valence-electron chi connectivity index (χ4n) is 3.27. The van der Waals surface area contributed by atoms with E-state index in [0.29, 0.717) is 22.8 Å². The molecule has 0 saturated heterocycles. The van der Waals surface area contributed by atoms with Gasteiger partial charge >= 0.3 is 6.03 Å². The largest absolute Gasteiger partial charge is 0.326 e. The Hall–Kier alpha value is -3.98. The number of benzene rings is 2. The average molecular weight is 447 g/mol. The van der Waals surface area contributed by atoms with Gasteiger partial charge in [0.1, 0.15) is 16.7 Å². The van der Waals surface area contributed by atoms with Crippen LogP contribution in [0.15, 0.2) is 78.4 Å². The minimum absolute atomic E-state index is 0.220. The van der Waals surface area contributed by atoms with Crippen molar-refractivity contribution in [3.8, 4) is 10.7 Å². The molecule has 0 bridgehead atoms. The van der Waals surface area contributed by atoms with Crippen molar-refractivity contribution in [1.29, 1.82) is 0 Å². The van der Waals surface area contributed by atoms with Gasteiger partial charge in [-0.25, -0.2) is 9.78 Å². The second-order valence-electron chi connectivity index (χ2n) is 7.07. The summed E-state index contributed by atoms with van der Waals surface area (Å²) in [5, 5.41) is 15.0. The van der Waals surface area contributed by atoms with E-state index in [1.807, 2.05) is 66.0 Å². The fourth-order valence-corrected chi connectivity index (χ4v) is 3.92. The normalized spacial score (nSPS) is 11.5. The summed E-state index contributed by atoms with van der Waals surface area (Å²) in [6.45, 7) is 0. The molecule has 0 fully saturated rings. The van der Waals surface area contributed by atoms with Crippen molar-refractivity contribution in [2.45, 2.75) is 12.5 Å². The summed E-state index contributed by atoms with van der Waals surface area (Å²) in [5.74, 6) is -0.220. The summed E-state index contributed by atoms with van der Waals surface area (Å²) in [4.78, 5) is 31.9. The molecular formula is C23H22N6O2S. The number of para-hydroxylation sites is 1. The SMILES string of the molecule is CN(C(=O)[C@H](Cc1ccccc1)NC(=O)Nc1cn[nH]c1-c1nccs1)c1ccccc1. The van der Waals surface area contributed by atoms with Gasteiger partial charge in [-0.1, -0.05) is 48.5 Å². The predicted octanol–water partition coefficient (Wildman–Crippen LogP) is 3.93. The molecule has 0 radical (unpaired) electrons. The number of nitrogens with one attached hydrogen (secondary N) is 3. The van der Waals surface area contributed by atoms with Crippen molar-refractivity contribution in [3.63, 3.8) is 0 Å². The van der Waals surface area contributed by atoms with Crippen LogP contribution in [0.1, 0.15) is 5.56 Å². The number of anilines is 2. The zero-order valence-electron chi connectivity index (χ0n) is 17.4. The highest BCUT2D eigenvalue weighted by molar-refractivity contribution is 7.13. The molecule has 0 aliphatic heterocycles. The second kappa shape index (κ2) is 9.88. The highest BCUT2D eigenvalue weighted by Crippen LogP contribution is 2.26. The highest BCUT2D eigenvalue weighted by Gasteiger charge is 2.26. The molecule has 0 aliphatic rings. The van der Waals surface area contributed by atoms with Crippen LogP contribution in [0, 0.1) is 0 Å². The minimum Gasteiger partial charge on any atom is -0.326 e. The van der Waals surface area contributed by atoms with Crippen LogP contribution in [0.5, 0.6) is 0 Å². The maximum atomic E-state index is 13.3. The van der Waals surface area contributed by atoms with Crippen LogP contribution < -0.4 is 15.5 Å². The van der Waals surface area contributed by atoms with Gasteiger partial charge < -0.3 is 15.5 Å². The van der Waals surface area contributed by atoms with E-state index in [-0.39, 0.29) is 5.91 Å². The number of carbonyl (C=O) groups is 2. The Labute approximate surface area is 189 Å². The van der Waals surface area contributed by atoms with Crippen molar-refractivity contribution in [2.24, 2.45) is 0 Å². The summed E-state index contributed by atoms with van der Waals surface area (Å²) in [5.41, 5.74) is 2.79. The molecule has 1 atom stereocenters. The third-order valence-electron chi connectivity index (χ3n) is 4.89. The van der Waals surface area contributed by atoms with E-state index in [4.69, 9.17) is 0 Å². The average Bonchev–Trinajstić information content (AvgIpc) is 3.51. The molecule has 0 unspecified atom stereocenters. The third-order valence-corrected chi connectivity index (χ3v) is 5.68. The van der Waals surface area contributed by atoms with Crippen molar-refractivity contribution in [3.05, 3.63) is 84.0 Å². The molecule has 3 amide bonds. The van der Waals surface area contributed by atoms with Gasteiger partial charge in [-0.15, -0.1) is 11.3 Å². The molecule has 4 aromatic rings. The Bertz CT molecular complexity index is 1160. The lowest BCUT2D eigenvalue weighted by molar-refractivity contribution is -0.120. The van der Waals surface area contributed by atoms with Crippen LogP contribution in [0.3, 0.4) is 0 Å². The number of aromatic amines is 1. The number of nitrogens with zero attached hydrogens (tertiary/aromatic N) is 3. The number of thiazole rings is 1. The van der Waals surface area contributed by atoms with Crippen molar-refractivity contribution in [1.82, 2.24) is 20.5 Å². The molecule has 8 nitrogen and oxygen atoms in total. The molecule has 0 saturated carbocycles. The van der Waals surface area contributed by atoms with E-state index < -0.39 is 12.1 Å². The second-order valence-corrected chi connectivity index (χ2v) is 7.96. The number of urea groups is 1.